The summed E-state index contributed by atoms with van der Waals surface area (Å²) in [5.41, 5.74) is 0.901. The normalized spacial score (nSPS) is 24.4. The second-order valence-electron chi connectivity index (χ2n) is 9.28. The summed E-state index contributed by atoms with van der Waals surface area (Å²) in [5.74, 6) is -4.27. The maximum absolute atomic E-state index is 13.8. The van der Waals surface area contributed by atoms with Gasteiger partial charge >= 0.3 is 0 Å². The first-order chi connectivity index (χ1) is 16.8. The number of carbonyl (C=O) groups excluding carboxylic acids is 4. The molecule has 35 heavy (non-hydrogen) atoms. The fourth-order valence-electron chi connectivity index (χ4n) is 5.56. The average molecular weight is 530 g/mol. The van der Waals surface area contributed by atoms with Gasteiger partial charge in [0.15, 0.2) is 0 Å². The van der Waals surface area contributed by atoms with Crippen molar-refractivity contribution in [3.05, 3.63) is 105 Å². The molecule has 2 fully saturated rings. The Hall–Kier alpha value is -3.42. The summed E-state index contributed by atoms with van der Waals surface area (Å²) >= 11 is 3.40. The van der Waals surface area contributed by atoms with Gasteiger partial charge in [-0.2, -0.15) is 0 Å². The van der Waals surface area contributed by atoms with Crippen molar-refractivity contribution in [1.29, 1.82) is 0 Å². The molecule has 0 radical (unpaired) electrons. The molecule has 3 atom stereocenters. The van der Waals surface area contributed by atoms with Gasteiger partial charge in [-0.25, -0.2) is 0 Å². The number of ether oxygens (including phenoxy) is 1. The van der Waals surface area contributed by atoms with Crippen molar-refractivity contribution in [3.8, 4) is 0 Å². The predicted octanol–water partition coefficient (Wildman–Crippen LogP) is 4.45. The summed E-state index contributed by atoms with van der Waals surface area (Å²) in [4.78, 5) is 56.2. The fraction of sp³-hybridized carbons (Fsp3) is 0.214. The third-order valence-corrected chi connectivity index (χ3v) is 7.80. The van der Waals surface area contributed by atoms with E-state index in [-0.39, 0.29) is 17.7 Å². The second-order valence-corrected chi connectivity index (χ2v) is 10.2. The number of carbonyl (C=O) groups is 4. The molecule has 2 amide bonds. The van der Waals surface area contributed by atoms with Crippen LogP contribution in [0.5, 0.6) is 0 Å². The number of ketones is 2. The number of rotatable bonds is 3. The van der Waals surface area contributed by atoms with E-state index >= 15 is 0 Å². The number of hydrogen-bond donors (Lipinski definition) is 0. The van der Waals surface area contributed by atoms with Crippen LogP contribution in [0, 0.1) is 18.8 Å². The zero-order valence-electron chi connectivity index (χ0n) is 18.7. The SMILES string of the molecule is Cc1ccc(CN2C(=O)[C@@H]3[C@H](c4ccc(Br)cc4)OC4(C(=O)c5ccccc5C4=O)[C@H]3C2=O)cc1. The van der Waals surface area contributed by atoms with Crippen molar-refractivity contribution in [2.45, 2.75) is 25.2 Å². The Morgan fingerprint density at radius 2 is 1.43 bits per heavy atom. The van der Waals surface area contributed by atoms with E-state index in [4.69, 9.17) is 4.74 Å². The van der Waals surface area contributed by atoms with Crippen LogP contribution in [0.2, 0.25) is 0 Å². The molecule has 174 valence electrons. The molecular formula is C28H20BrNO5. The van der Waals surface area contributed by atoms with E-state index in [1.165, 1.54) is 4.90 Å². The van der Waals surface area contributed by atoms with E-state index in [9.17, 15) is 19.2 Å². The molecule has 0 aromatic heterocycles. The molecule has 1 spiro atoms. The number of likely N-dealkylation sites (tertiary alicyclic amines) is 1. The highest BCUT2D eigenvalue weighted by molar-refractivity contribution is 9.10. The van der Waals surface area contributed by atoms with Crippen molar-refractivity contribution in [1.82, 2.24) is 4.90 Å². The van der Waals surface area contributed by atoms with Crippen molar-refractivity contribution >= 4 is 39.3 Å². The number of halogens is 1. The van der Waals surface area contributed by atoms with Gasteiger partial charge in [-0.1, -0.05) is 82.2 Å². The predicted molar refractivity (Wildman–Crippen MR) is 130 cm³/mol. The number of aryl methyl sites for hydroxylation is 1. The van der Waals surface area contributed by atoms with Crippen molar-refractivity contribution in [3.63, 3.8) is 0 Å². The second kappa shape index (κ2) is 7.80. The minimum Gasteiger partial charge on any atom is -0.349 e. The number of nitrogens with zero attached hydrogens (tertiary/aromatic N) is 1. The third kappa shape index (κ3) is 3.04. The van der Waals surface area contributed by atoms with E-state index < -0.39 is 46.9 Å². The number of hydrogen-bond acceptors (Lipinski definition) is 5. The molecule has 2 heterocycles. The van der Waals surface area contributed by atoms with Gasteiger partial charge in [-0.15, -0.1) is 0 Å². The lowest BCUT2D eigenvalue weighted by Gasteiger charge is -2.27. The molecule has 6 nitrogen and oxygen atoms in total. The molecule has 0 bridgehead atoms. The van der Waals surface area contributed by atoms with Crippen LogP contribution in [0.15, 0.2) is 77.3 Å². The Kier molecular flexibility index (Phi) is 4.92. The largest absolute Gasteiger partial charge is 0.349 e. The van der Waals surface area contributed by atoms with Gasteiger partial charge in [0.1, 0.15) is 0 Å². The van der Waals surface area contributed by atoms with Crippen LogP contribution >= 0.6 is 15.9 Å². The molecule has 2 aliphatic heterocycles. The van der Waals surface area contributed by atoms with Gasteiger partial charge < -0.3 is 4.74 Å². The Morgan fingerprint density at radius 1 is 0.829 bits per heavy atom. The van der Waals surface area contributed by atoms with Crippen LogP contribution in [0.1, 0.15) is 43.5 Å². The molecule has 0 saturated carbocycles. The van der Waals surface area contributed by atoms with Crippen LogP contribution in [-0.4, -0.2) is 33.9 Å². The summed E-state index contributed by atoms with van der Waals surface area (Å²) in [6.45, 7) is 2.03. The molecule has 1 aliphatic carbocycles. The zero-order valence-corrected chi connectivity index (χ0v) is 20.3. The standard InChI is InChI=1S/C28H20BrNO5/c1-15-6-8-16(9-7-15)14-30-26(33)21-22(27(30)34)28(35-23(21)17-10-12-18(29)13-11-17)24(31)19-4-2-3-5-20(19)25(28)32/h2-13,21-23H,14H2,1H3/t21-,22+,23-/m0/s1. The minimum atomic E-state index is -2.04. The maximum atomic E-state index is 13.8. The highest BCUT2D eigenvalue weighted by Crippen LogP contribution is 2.57. The van der Waals surface area contributed by atoms with E-state index in [0.717, 1.165) is 15.6 Å². The number of amides is 2. The monoisotopic (exact) mass is 529 g/mol. The molecule has 3 aliphatic rings. The van der Waals surface area contributed by atoms with Crippen molar-refractivity contribution in [2.75, 3.05) is 0 Å². The molecule has 3 aromatic carbocycles. The van der Waals surface area contributed by atoms with Gasteiger partial charge in [0.2, 0.25) is 29.0 Å². The van der Waals surface area contributed by atoms with Crippen molar-refractivity contribution < 1.29 is 23.9 Å². The Bertz CT molecular complexity index is 1380. The molecule has 0 N–H and O–H groups in total. The summed E-state index contributed by atoms with van der Waals surface area (Å²) < 4.78 is 7.12. The maximum Gasteiger partial charge on any atom is 0.237 e. The van der Waals surface area contributed by atoms with E-state index in [2.05, 4.69) is 15.9 Å². The van der Waals surface area contributed by atoms with Crippen LogP contribution < -0.4 is 0 Å². The highest BCUT2D eigenvalue weighted by atomic mass is 79.9. The number of Topliss-reactive ketones (excluding diaryl/α,β-unsaturated/α-hetero) is 2. The van der Waals surface area contributed by atoms with E-state index in [0.29, 0.717) is 5.56 Å². The minimum absolute atomic E-state index is 0.0728. The first-order valence-corrected chi connectivity index (χ1v) is 12.1. The van der Waals surface area contributed by atoms with E-state index in [1.807, 2.05) is 31.2 Å². The lowest BCUT2D eigenvalue weighted by Crippen LogP contribution is -2.50. The summed E-state index contributed by atoms with van der Waals surface area (Å²) in [7, 11) is 0. The topological polar surface area (TPSA) is 80.8 Å². The highest BCUT2D eigenvalue weighted by Gasteiger charge is 2.74. The van der Waals surface area contributed by atoms with Gasteiger partial charge in [0, 0.05) is 15.6 Å². The molecule has 0 unspecified atom stereocenters. The first kappa shape index (κ1) is 22.1. The molecule has 3 aromatic rings. The number of fused-ring (bicyclic) bond motifs is 3. The van der Waals surface area contributed by atoms with Crippen molar-refractivity contribution in [2.24, 2.45) is 11.8 Å². The Morgan fingerprint density at radius 3 is 2.03 bits per heavy atom. The zero-order chi connectivity index (χ0) is 24.5. The summed E-state index contributed by atoms with van der Waals surface area (Å²) in [6.07, 6.45) is -0.908. The lowest BCUT2D eigenvalue weighted by molar-refractivity contribution is -0.145. The van der Waals surface area contributed by atoms with Gasteiger partial charge in [0.05, 0.1) is 24.5 Å². The number of imide groups is 1. The first-order valence-electron chi connectivity index (χ1n) is 11.4. The van der Waals surface area contributed by atoms with Crippen LogP contribution in [0.3, 0.4) is 0 Å². The molecule has 2 saturated heterocycles. The van der Waals surface area contributed by atoms with Crippen LogP contribution in [0.25, 0.3) is 0 Å². The molecule has 7 heteroatoms. The fourth-order valence-corrected chi connectivity index (χ4v) is 5.83. The number of benzene rings is 3. The lowest BCUT2D eigenvalue weighted by atomic mass is 9.77. The van der Waals surface area contributed by atoms with E-state index in [1.54, 1.807) is 48.5 Å². The van der Waals surface area contributed by atoms with Gasteiger partial charge in [-0.3, -0.25) is 24.1 Å². The summed E-state index contributed by atoms with van der Waals surface area (Å²) in [5, 5.41) is 0. The quantitative estimate of drug-likeness (QED) is 0.370. The van der Waals surface area contributed by atoms with Gasteiger partial charge in [-0.05, 0) is 30.2 Å². The van der Waals surface area contributed by atoms with Crippen LogP contribution in [0.4, 0.5) is 0 Å². The van der Waals surface area contributed by atoms with Gasteiger partial charge in [0.25, 0.3) is 0 Å². The van der Waals surface area contributed by atoms with Crippen LogP contribution in [-0.2, 0) is 20.9 Å². The Labute approximate surface area is 210 Å². The molecular weight excluding hydrogens is 510 g/mol. The third-order valence-electron chi connectivity index (χ3n) is 7.27. The smallest absolute Gasteiger partial charge is 0.237 e. The summed E-state index contributed by atoms with van der Waals surface area (Å²) in [6, 6.07) is 21.2. The Balaban J connectivity index is 1.48. The average Bonchev–Trinajstić information content (AvgIpc) is 3.42. The molecule has 6 rings (SSSR count).